The smallest absolute Gasteiger partial charge is 0.237 e. The Labute approximate surface area is 133 Å². The average molecular weight is 307 g/mol. The minimum absolute atomic E-state index is 0.0157. The molecule has 0 radical (unpaired) electrons. The summed E-state index contributed by atoms with van der Waals surface area (Å²) in [4.78, 5) is 31.6. The van der Waals surface area contributed by atoms with Crippen LogP contribution in [0, 0.1) is 5.41 Å². The highest BCUT2D eigenvalue weighted by Crippen LogP contribution is 2.42. The lowest BCUT2D eigenvalue weighted by Crippen LogP contribution is -2.53. The van der Waals surface area contributed by atoms with Crippen molar-refractivity contribution in [3.63, 3.8) is 0 Å². The van der Waals surface area contributed by atoms with E-state index in [1.54, 1.807) is 0 Å². The summed E-state index contributed by atoms with van der Waals surface area (Å²) in [6, 6.07) is 0.572. The predicted molar refractivity (Wildman–Crippen MR) is 85.4 cm³/mol. The molecule has 3 heterocycles. The van der Waals surface area contributed by atoms with Gasteiger partial charge in [-0.3, -0.25) is 19.4 Å². The van der Waals surface area contributed by atoms with Crippen LogP contribution in [0.15, 0.2) is 0 Å². The molecule has 5 nitrogen and oxygen atoms in total. The summed E-state index contributed by atoms with van der Waals surface area (Å²) < 4.78 is 0. The molecule has 3 saturated heterocycles. The molecular formula is C17H29N3O2. The topological polar surface area (TPSA) is 43.9 Å². The molecule has 0 aromatic rings. The molecule has 2 amide bonds. The average Bonchev–Trinajstić information content (AvgIpc) is 2.70. The molecule has 22 heavy (non-hydrogen) atoms. The maximum absolute atomic E-state index is 12.9. The third kappa shape index (κ3) is 2.69. The quantitative estimate of drug-likeness (QED) is 0.722. The van der Waals surface area contributed by atoms with Crippen molar-refractivity contribution in [2.75, 3.05) is 33.2 Å². The van der Waals surface area contributed by atoms with Crippen LogP contribution in [0.2, 0.25) is 0 Å². The number of rotatable bonds is 2. The number of carbonyl (C=O) groups is 2. The van der Waals surface area contributed by atoms with Gasteiger partial charge < -0.3 is 4.90 Å². The van der Waals surface area contributed by atoms with Gasteiger partial charge >= 0.3 is 0 Å². The zero-order valence-electron chi connectivity index (χ0n) is 14.2. The summed E-state index contributed by atoms with van der Waals surface area (Å²) in [7, 11) is 2.17. The Bertz CT molecular complexity index is 457. The number of carbonyl (C=O) groups excluding carboxylic acids is 2. The third-order valence-electron chi connectivity index (χ3n) is 5.76. The van der Waals surface area contributed by atoms with E-state index < -0.39 is 5.41 Å². The van der Waals surface area contributed by atoms with Crippen molar-refractivity contribution in [1.82, 2.24) is 14.7 Å². The van der Waals surface area contributed by atoms with E-state index >= 15 is 0 Å². The van der Waals surface area contributed by atoms with Gasteiger partial charge in [-0.25, -0.2) is 0 Å². The predicted octanol–water partition coefficient (Wildman–Crippen LogP) is 1.33. The van der Waals surface area contributed by atoms with Crippen LogP contribution in [0.25, 0.3) is 0 Å². The molecule has 1 atom stereocenters. The van der Waals surface area contributed by atoms with Crippen molar-refractivity contribution in [2.24, 2.45) is 5.41 Å². The van der Waals surface area contributed by atoms with Gasteiger partial charge in [0, 0.05) is 25.0 Å². The maximum Gasteiger partial charge on any atom is 0.237 e. The maximum atomic E-state index is 12.9. The molecule has 3 aliphatic heterocycles. The summed E-state index contributed by atoms with van der Waals surface area (Å²) in [5, 5.41) is 0. The molecule has 3 aliphatic rings. The van der Waals surface area contributed by atoms with Gasteiger partial charge in [0.25, 0.3) is 0 Å². The van der Waals surface area contributed by atoms with Gasteiger partial charge in [-0.05, 0) is 66.2 Å². The SMILES string of the molecule is CC(C)N1C(=O)CC2(CCCN(C3CCN(C)CC3)C2)C1=O. The number of likely N-dealkylation sites (tertiary alicyclic amines) is 3. The summed E-state index contributed by atoms with van der Waals surface area (Å²) in [5.41, 5.74) is -0.428. The van der Waals surface area contributed by atoms with Crippen LogP contribution in [0.4, 0.5) is 0 Å². The van der Waals surface area contributed by atoms with Gasteiger partial charge in [0.1, 0.15) is 0 Å². The van der Waals surface area contributed by atoms with Crippen LogP contribution in [-0.2, 0) is 9.59 Å². The van der Waals surface area contributed by atoms with E-state index in [-0.39, 0.29) is 17.9 Å². The van der Waals surface area contributed by atoms with Crippen molar-refractivity contribution in [3.8, 4) is 0 Å². The number of imide groups is 1. The fourth-order valence-corrected chi connectivity index (χ4v) is 4.50. The first kappa shape index (κ1) is 15.9. The highest BCUT2D eigenvalue weighted by atomic mass is 16.2. The van der Waals surface area contributed by atoms with Crippen LogP contribution in [0.1, 0.15) is 46.0 Å². The summed E-state index contributed by atoms with van der Waals surface area (Å²) in [6.45, 7) is 8.02. The molecule has 1 unspecified atom stereocenters. The van der Waals surface area contributed by atoms with E-state index in [2.05, 4.69) is 16.8 Å². The molecule has 0 aromatic carbocycles. The van der Waals surface area contributed by atoms with E-state index in [4.69, 9.17) is 0 Å². The molecule has 1 spiro atoms. The number of piperidine rings is 2. The lowest BCUT2D eigenvalue weighted by molar-refractivity contribution is -0.145. The first-order valence-electron chi connectivity index (χ1n) is 8.72. The Balaban J connectivity index is 1.73. The Kier molecular flexibility index (Phi) is 4.29. The number of amides is 2. The summed E-state index contributed by atoms with van der Waals surface area (Å²) in [6.07, 6.45) is 4.71. The number of hydrogen-bond donors (Lipinski definition) is 0. The van der Waals surface area contributed by atoms with Crippen LogP contribution in [-0.4, -0.2) is 71.8 Å². The van der Waals surface area contributed by atoms with Gasteiger partial charge in [-0.15, -0.1) is 0 Å². The zero-order valence-corrected chi connectivity index (χ0v) is 14.2. The molecule has 0 saturated carbocycles. The number of hydrogen-bond acceptors (Lipinski definition) is 4. The molecular weight excluding hydrogens is 278 g/mol. The number of nitrogens with zero attached hydrogens (tertiary/aromatic N) is 3. The highest BCUT2D eigenvalue weighted by Gasteiger charge is 2.54. The first-order chi connectivity index (χ1) is 10.4. The molecule has 3 rings (SSSR count). The Morgan fingerprint density at radius 3 is 2.41 bits per heavy atom. The van der Waals surface area contributed by atoms with Gasteiger partial charge in [-0.2, -0.15) is 0 Å². The second kappa shape index (κ2) is 5.93. The van der Waals surface area contributed by atoms with Crippen molar-refractivity contribution < 1.29 is 9.59 Å². The van der Waals surface area contributed by atoms with Crippen molar-refractivity contribution >= 4 is 11.8 Å². The van der Waals surface area contributed by atoms with E-state index in [0.29, 0.717) is 12.5 Å². The lowest BCUT2D eigenvalue weighted by Gasteiger charge is -2.44. The molecule has 0 bridgehead atoms. The highest BCUT2D eigenvalue weighted by molar-refractivity contribution is 6.06. The minimum atomic E-state index is -0.428. The standard InChI is InChI=1S/C17H29N3O2/c1-13(2)20-15(21)11-17(16(20)22)7-4-8-19(12-17)14-5-9-18(3)10-6-14/h13-14H,4-12H2,1-3H3. The Hall–Kier alpha value is -0.940. The van der Waals surface area contributed by atoms with Crippen molar-refractivity contribution in [3.05, 3.63) is 0 Å². The molecule has 3 fully saturated rings. The molecule has 124 valence electrons. The molecule has 5 heteroatoms. The van der Waals surface area contributed by atoms with Gasteiger partial charge in [0.2, 0.25) is 11.8 Å². The second-order valence-electron chi connectivity index (χ2n) is 7.73. The van der Waals surface area contributed by atoms with Crippen LogP contribution >= 0.6 is 0 Å². The van der Waals surface area contributed by atoms with Gasteiger partial charge in [0.15, 0.2) is 0 Å². The zero-order chi connectivity index (χ0) is 15.9. The van der Waals surface area contributed by atoms with E-state index in [0.717, 1.165) is 39.0 Å². The molecule has 0 aliphatic carbocycles. The van der Waals surface area contributed by atoms with Crippen LogP contribution in [0.5, 0.6) is 0 Å². The van der Waals surface area contributed by atoms with Crippen molar-refractivity contribution in [2.45, 2.75) is 58.0 Å². The first-order valence-corrected chi connectivity index (χ1v) is 8.72. The van der Waals surface area contributed by atoms with Crippen molar-refractivity contribution in [1.29, 1.82) is 0 Å². The fourth-order valence-electron chi connectivity index (χ4n) is 4.50. The minimum Gasteiger partial charge on any atom is -0.306 e. The van der Waals surface area contributed by atoms with Crippen LogP contribution < -0.4 is 0 Å². The van der Waals surface area contributed by atoms with E-state index in [9.17, 15) is 9.59 Å². The second-order valence-corrected chi connectivity index (χ2v) is 7.73. The Morgan fingerprint density at radius 1 is 1.14 bits per heavy atom. The summed E-state index contributed by atoms with van der Waals surface area (Å²) in [5.74, 6) is 0.121. The van der Waals surface area contributed by atoms with Crippen LogP contribution in [0.3, 0.4) is 0 Å². The normalized spacial score (nSPS) is 32.6. The fraction of sp³-hybridized carbons (Fsp3) is 0.882. The van der Waals surface area contributed by atoms with Gasteiger partial charge in [0.05, 0.1) is 5.41 Å². The monoisotopic (exact) mass is 307 g/mol. The van der Waals surface area contributed by atoms with E-state index in [1.807, 2.05) is 13.8 Å². The van der Waals surface area contributed by atoms with E-state index in [1.165, 1.54) is 17.7 Å². The molecule has 0 N–H and O–H groups in total. The largest absolute Gasteiger partial charge is 0.306 e. The summed E-state index contributed by atoms with van der Waals surface area (Å²) >= 11 is 0. The molecule has 0 aromatic heterocycles. The van der Waals surface area contributed by atoms with Gasteiger partial charge in [-0.1, -0.05) is 0 Å². The Morgan fingerprint density at radius 2 is 1.82 bits per heavy atom. The third-order valence-corrected chi connectivity index (χ3v) is 5.76. The lowest BCUT2D eigenvalue weighted by atomic mass is 9.77.